The van der Waals surface area contributed by atoms with Gasteiger partial charge in [-0.05, 0) is 33.4 Å². The van der Waals surface area contributed by atoms with Crippen molar-refractivity contribution in [3.63, 3.8) is 0 Å². The Morgan fingerprint density at radius 3 is 2.29 bits per heavy atom. The molecule has 0 unspecified atom stereocenters. The van der Waals surface area contributed by atoms with E-state index in [9.17, 15) is 0 Å². The highest BCUT2D eigenvalue weighted by atomic mass is 14.8. The van der Waals surface area contributed by atoms with Crippen LogP contribution < -0.4 is 5.32 Å². The lowest BCUT2D eigenvalue weighted by Gasteiger charge is -2.03. The molecule has 0 aliphatic heterocycles. The van der Waals surface area contributed by atoms with Gasteiger partial charge < -0.3 is 5.32 Å². The molecular formula is C13H19N. The van der Waals surface area contributed by atoms with Gasteiger partial charge in [-0.25, -0.2) is 0 Å². The molecule has 0 atom stereocenters. The van der Waals surface area contributed by atoms with Crippen LogP contribution in [0.3, 0.4) is 0 Å². The maximum absolute atomic E-state index is 3.15. The van der Waals surface area contributed by atoms with Gasteiger partial charge in [0.05, 0.1) is 0 Å². The zero-order valence-corrected chi connectivity index (χ0v) is 9.52. The van der Waals surface area contributed by atoms with Crippen LogP contribution in [0.1, 0.15) is 23.6 Å². The molecule has 1 aromatic rings. The van der Waals surface area contributed by atoms with Gasteiger partial charge in [0.25, 0.3) is 0 Å². The zero-order valence-electron chi connectivity index (χ0n) is 9.52. The summed E-state index contributed by atoms with van der Waals surface area (Å²) in [7, 11) is 1.97. The lowest BCUT2D eigenvalue weighted by molar-refractivity contribution is 0.884. The Morgan fingerprint density at radius 2 is 1.79 bits per heavy atom. The van der Waals surface area contributed by atoms with Gasteiger partial charge in [0.1, 0.15) is 0 Å². The van der Waals surface area contributed by atoms with Gasteiger partial charge in [0, 0.05) is 6.54 Å². The molecule has 76 valence electrons. The van der Waals surface area contributed by atoms with Crippen LogP contribution in [0, 0.1) is 13.8 Å². The Labute approximate surface area is 86.8 Å². The Morgan fingerprint density at radius 1 is 1.21 bits per heavy atom. The van der Waals surface area contributed by atoms with Crippen molar-refractivity contribution in [2.45, 2.75) is 20.8 Å². The van der Waals surface area contributed by atoms with E-state index in [1.54, 1.807) is 0 Å². The number of likely N-dealkylation sites (N-methyl/N-ethyl adjacent to an activating group) is 1. The molecule has 0 saturated heterocycles. The van der Waals surface area contributed by atoms with E-state index >= 15 is 0 Å². The summed E-state index contributed by atoms with van der Waals surface area (Å²) in [6.45, 7) is 7.37. The zero-order chi connectivity index (χ0) is 10.6. The first-order valence-corrected chi connectivity index (χ1v) is 5.02. The highest BCUT2D eigenvalue weighted by Crippen LogP contribution is 2.12. The normalized spacial score (nSPS) is 11.9. The van der Waals surface area contributed by atoms with E-state index in [1.807, 2.05) is 7.05 Å². The van der Waals surface area contributed by atoms with Crippen LogP contribution in [0.25, 0.3) is 6.08 Å². The molecule has 1 N–H and O–H groups in total. The first kappa shape index (κ1) is 11.0. The van der Waals surface area contributed by atoms with Gasteiger partial charge >= 0.3 is 0 Å². The molecular weight excluding hydrogens is 170 g/mol. The standard InChI is InChI=1S/C13H19N/c1-10-5-11(2)7-13(6-10)8-12(3)9-14-4/h5-8,14H,9H2,1-4H3. The maximum atomic E-state index is 3.15. The van der Waals surface area contributed by atoms with Crippen molar-refractivity contribution in [1.29, 1.82) is 0 Å². The summed E-state index contributed by atoms with van der Waals surface area (Å²) < 4.78 is 0. The summed E-state index contributed by atoms with van der Waals surface area (Å²) in [4.78, 5) is 0. The van der Waals surface area contributed by atoms with Crippen LogP contribution in [0.15, 0.2) is 23.8 Å². The molecule has 0 saturated carbocycles. The van der Waals surface area contributed by atoms with Crippen LogP contribution in [0.2, 0.25) is 0 Å². The van der Waals surface area contributed by atoms with Gasteiger partial charge in [0.2, 0.25) is 0 Å². The monoisotopic (exact) mass is 189 g/mol. The molecule has 0 fully saturated rings. The van der Waals surface area contributed by atoms with Crippen molar-refractivity contribution in [1.82, 2.24) is 5.32 Å². The molecule has 1 nitrogen and oxygen atoms in total. The molecule has 1 rings (SSSR count). The molecule has 0 amide bonds. The van der Waals surface area contributed by atoms with Gasteiger partial charge in [-0.3, -0.25) is 0 Å². The van der Waals surface area contributed by atoms with E-state index in [2.05, 4.69) is 50.4 Å². The van der Waals surface area contributed by atoms with Crippen molar-refractivity contribution < 1.29 is 0 Å². The first-order valence-electron chi connectivity index (χ1n) is 5.02. The molecule has 0 radical (unpaired) electrons. The second-order valence-electron chi connectivity index (χ2n) is 3.94. The van der Waals surface area contributed by atoms with Crippen molar-refractivity contribution >= 4 is 6.08 Å². The number of hydrogen-bond acceptors (Lipinski definition) is 1. The average Bonchev–Trinajstić information content (AvgIpc) is 2.01. The fourth-order valence-electron chi connectivity index (χ4n) is 1.71. The third-order valence-electron chi connectivity index (χ3n) is 2.11. The molecule has 1 heteroatoms. The summed E-state index contributed by atoms with van der Waals surface area (Å²) in [6.07, 6.45) is 2.23. The number of aryl methyl sites for hydroxylation is 2. The summed E-state index contributed by atoms with van der Waals surface area (Å²) in [5.41, 5.74) is 5.31. The highest BCUT2D eigenvalue weighted by molar-refractivity contribution is 5.54. The van der Waals surface area contributed by atoms with Gasteiger partial charge in [0.15, 0.2) is 0 Å². The Kier molecular flexibility index (Phi) is 3.90. The van der Waals surface area contributed by atoms with Crippen LogP contribution in [0.4, 0.5) is 0 Å². The van der Waals surface area contributed by atoms with Gasteiger partial charge in [-0.1, -0.05) is 41.0 Å². The Balaban J connectivity index is 2.90. The maximum Gasteiger partial charge on any atom is 0.0162 e. The first-order chi connectivity index (χ1) is 6.61. The summed E-state index contributed by atoms with van der Waals surface area (Å²) >= 11 is 0. The fraction of sp³-hybridized carbons (Fsp3) is 0.385. The molecule has 0 aromatic heterocycles. The van der Waals surface area contributed by atoms with Crippen molar-refractivity contribution in [2.75, 3.05) is 13.6 Å². The number of rotatable bonds is 3. The quantitative estimate of drug-likeness (QED) is 0.771. The second-order valence-corrected chi connectivity index (χ2v) is 3.94. The van der Waals surface area contributed by atoms with Crippen LogP contribution in [-0.2, 0) is 0 Å². The Bertz CT molecular complexity index is 317. The molecule has 0 heterocycles. The minimum Gasteiger partial charge on any atom is -0.316 e. The minimum absolute atomic E-state index is 0.951. The third-order valence-corrected chi connectivity index (χ3v) is 2.11. The van der Waals surface area contributed by atoms with E-state index in [4.69, 9.17) is 0 Å². The smallest absolute Gasteiger partial charge is 0.0162 e. The Hall–Kier alpha value is -1.08. The van der Waals surface area contributed by atoms with Crippen molar-refractivity contribution in [3.8, 4) is 0 Å². The summed E-state index contributed by atoms with van der Waals surface area (Å²) in [6, 6.07) is 6.63. The molecule has 0 spiro atoms. The van der Waals surface area contributed by atoms with E-state index in [0.29, 0.717) is 0 Å². The van der Waals surface area contributed by atoms with E-state index < -0.39 is 0 Å². The summed E-state index contributed by atoms with van der Waals surface area (Å²) in [5, 5.41) is 3.15. The molecule has 0 aliphatic rings. The van der Waals surface area contributed by atoms with E-state index in [0.717, 1.165) is 6.54 Å². The lowest BCUT2D eigenvalue weighted by Crippen LogP contribution is -2.08. The van der Waals surface area contributed by atoms with Crippen LogP contribution in [-0.4, -0.2) is 13.6 Å². The number of benzene rings is 1. The topological polar surface area (TPSA) is 12.0 Å². The molecule has 0 aliphatic carbocycles. The number of hydrogen-bond donors (Lipinski definition) is 1. The highest BCUT2D eigenvalue weighted by Gasteiger charge is 1.93. The fourth-order valence-corrected chi connectivity index (χ4v) is 1.71. The van der Waals surface area contributed by atoms with E-state index in [-0.39, 0.29) is 0 Å². The minimum atomic E-state index is 0.951. The van der Waals surface area contributed by atoms with Gasteiger partial charge in [-0.15, -0.1) is 0 Å². The summed E-state index contributed by atoms with van der Waals surface area (Å²) in [5.74, 6) is 0. The predicted octanol–water partition coefficient (Wildman–Crippen LogP) is 2.93. The van der Waals surface area contributed by atoms with Crippen molar-refractivity contribution in [2.24, 2.45) is 0 Å². The van der Waals surface area contributed by atoms with Crippen LogP contribution in [0.5, 0.6) is 0 Å². The number of nitrogens with one attached hydrogen (secondary N) is 1. The van der Waals surface area contributed by atoms with E-state index in [1.165, 1.54) is 22.3 Å². The largest absolute Gasteiger partial charge is 0.316 e. The molecule has 1 aromatic carbocycles. The molecule has 14 heavy (non-hydrogen) atoms. The average molecular weight is 189 g/mol. The van der Waals surface area contributed by atoms with Crippen LogP contribution >= 0.6 is 0 Å². The SMILES string of the molecule is CNCC(C)=Cc1cc(C)cc(C)c1. The molecule has 0 bridgehead atoms. The second kappa shape index (κ2) is 4.97. The third kappa shape index (κ3) is 3.35. The van der Waals surface area contributed by atoms with Crippen molar-refractivity contribution in [3.05, 3.63) is 40.5 Å². The van der Waals surface area contributed by atoms with Gasteiger partial charge in [-0.2, -0.15) is 0 Å². The lowest BCUT2D eigenvalue weighted by atomic mass is 10.1. The predicted molar refractivity (Wildman–Crippen MR) is 63.5 cm³/mol.